The summed E-state index contributed by atoms with van der Waals surface area (Å²) in [6.45, 7) is 0.226. The lowest BCUT2D eigenvalue weighted by Gasteiger charge is -2.15. The van der Waals surface area contributed by atoms with Gasteiger partial charge in [0.05, 0.1) is 0 Å². The largest absolute Gasteiger partial charge is 0.448 e. The molecule has 0 fully saturated rings. The van der Waals surface area contributed by atoms with Gasteiger partial charge in [0.25, 0.3) is 0 Å². The standard InChI is InChI=1S/C20H16N4O2S/c25-20(24-19(27)23-18-21-10-5-11-22-18)26-12-17-15-8-3-1-6-13(15)14-7-2-4-9-16(14)17/h1-11,17H,12H2,(H2,21,22,23,24,25,27). The second kappa shape index (κ2) is 7.51. The molecule has 2 N–H and O–H groups in total. The highest BCUT2D eigenvalue weighted by molar-refractivity contribution is 7.80. The van der Waals surface area contributed by atoms with Gasteiger partial charge in [0.15, 0.2) is 5.11 Å². The van der Waals surface area contributed by atoms with Crippen LogP contribution in [0.2, 0.25) is 0 Å². The van der Waals surface area contributed by atoms with Gasteiger partial charge in [-0.05, 0) is 40.5 Å². The number of amides is 1. The molecule has 0 saturated heterocycles. The van der Waals surface area contributed by atoms with Crippen LogP contribution in [0.5, 0.6) is 0 Å². The summed E-state index contributed by atoms with van der Waals surface area (Å²) >= 11 is 5.08. The summed E-state index contributed by atoms with van der Waals surface area (Å²) in [6.07, 6.45) is 2.53. The molecule has 1 aromatic heterocycles. The van der Waals surface area contributed by atoms with Crippen molar-refractivity contribution < 1.29 is 9.53 Å². The van der Waals surface area contributed by atoms with Crippen LogP contribution in [0.15, 0.2) is 67.0 Å². The number of alkyl carbamates (subject to hydrolysis) is 1. The minimum Gasteiger partial charge on any atom is -0.448 e. The van der Waals surface area contributed by atoms with Crippen LogP contribution < -0.4 is 10.6 Å². The van der Waals surface area contributed by atoms with Gasteiger partial charge in [0.2, 0.25) is 5.95 Å². The number of benzene rings is 2. The molecule has 134 valence electrons. The van der Waals surface area contributed by atoms with Crippen LogP contribution in [0.25, 0.3) is 11.1 Å². The van der Waals surface area contributed by atoms with Gasteiger partial charge < -0.3 is 10.1 Å². The highest BCUT2D eigenvalue weighted by atomic mass is 32.1. The van der Waals surface area contributed by atoms with Crippen LogP contribution >= 0.6 is 12.2 Å². The number of carbonyl (C=O) groups is 1. The van der Waals surface area contributed by atoms with Gasteiger partial charge in [-0.1, -0.05) is 48.5 Å². The second-order valence-corrected chi connectivity index (χ2v) is 6.39. The van der Waals surface area contributed by atoms with Crippen molar-refractivity contribution in [3.05, 3.63) is 78.1 Å². The minimum atomic E-state index is -0.620. The van der Waals surface area contributed by atoms with Gasteiger partial charge in [-0.3, -0.25) is 5.32 Å². The fourth-order valence-corrected chi connectivity index (χ4v) is 3.40. The Morgan fingerprint density at radius 2 is 1.56 bits per heavy atom. The zero-order chi connectivity index (χ0) is 18.6. The Balaban J connectivity index is 1.40. The molecule has 0 atom stereocenters. The van der Waals surface area contributed by atoms with Crippen molar-refractivity contribution in [2.24, 2.45) is 0 Å². The van der Waals surface area contributed by atoms with Crippen LogP contribution in [0.3, 0.4) is 0 Å². The maximum Gasteiger partial charge on any atom is 0.413 e. The number of nitrogens with zero attached hydrogens (tertiary/aromatic N) is 2. The van der Waals surface area contributed by atoms with E-state index in [0.29, 0.717) is 5.95 Å². The second-order valence-electron chi connectivity index (χ2n) is 5.98. The molecule has 1 heterocycles. The molecule has 1 aliphatic rings. The Morgan fingerprint density at radius 1 is 0.963 bits per heavy atom. The van der Waals surface area contributed by atoms with Crippen molar-refractivity contribution in [2.45, 2.75) is 5.92 Å². The van der Waals surface area contributed by atoms with Gasteiger partial charge in [-0.15, -0.1) is 0 Å². The molecular weight excluding hydrogens is 360 g/mol. The molecule has 0 saturated carbocycles. The van der Waals surface area contributed by atoms with Crippen molar-refractivity contribution in [3.63, 3.8) is 0 Å². The maximum absolute atomic E-state index is 12.1. The van der Waals surface area contributed by atoms with E-state index in [1.54, 1.807) is 18.5 Å². The smallest absolute Gasteiger partial charge is 0.413 e. The lowest BCUT2D eigenvalue weighted by atomic mass is 9.98. The lowest BCUT2D eigenvalue weighted by molar-refractivity contribution is 0.148. The van der Waals surface area contributed by atoms with E-state index >= 15 is 0 Å². The Hall–Kier alpha value is -3.32. The Labute approximate surface area is 161 Å². The molecule has 27 heavy (non-hydrogen) atoms. The molecule has 0 unspecified atom stereocenters. The number of thiocarbonyl (C=S) groups is 1. The third kappa shape index (κ3) is 3.63. The third-order valence-corrected chi connectivity index (χ3v) is 4.55. The first-order valence-corrected chi connectivity index (χ1v) is 8.83. The van der Waals surface area contributed by atoms with Crippen molar-refractivity contribution in [3.8, 4) is 11.1 Å². The van der Waals surface area contributed by atoms with Gasteiger partial charge in [0, 0.05) is 18.3 Å². The minimum absolute atomic E-state index is 0.00198. The lowest BCUT2D eigenvalue weighted by Crippen LogP contribution is -2.35. The van der Waals surface area contributed by atoms with Crippen LogP contribution in [0, 0.1) is 0 Å². The van der Waals surface area contributed by atoms with Gasteiger partial charge in [-0.2, -0.15) is 0 Å². The predicted octanol–water partition coefficient (Wildman–Crippen LogP) is 3.71. The summed E-state index contributed by atoms with van der Waals surface area (Å²) in [7, 11) is 0. The summed E-state index contributed by atoms with van der Waals surface area (Å²) in [4.78, 5) is 20.1. The van der Waals surface area contributed by atoms with E-state index in [9.17, 15) is 4.79 Å². The highest BCUT2D eigenvalue weighted by Gasteiger charge is 2.29. The molecule has 0 aliphatic heterocycles. The van der Waals surface area contributed by atoms with Crippen molar-refractivity contribution in [1.29, 1.82) is 0 Å². The zero-order valence-corrected chi connectivity index (χ0v) is 15.1. The van der Waals surface area contributed by atoms with Crippen LogP contribution in [-0.2, 0) is 4.74 Å². The molecule has 1 amide bonds. The first kappa shape index (κ1) is 17.1. The molecular formula is C20H16N4O2S. The number of carbonyl (C=O) groups excluding carboxylic acids is 1. The number of anilines is 1. The first-order valence-electron chi connectivity index (χ1n) is 8.42. The monoisotopic (exact) mass is 376 g/mol. The van der Waals surface area contributed by atoms with E-state index in [4.69, 9.17) is 17.0 Å². The SMILES string of the molecule is O=C(NC(=S)Nc1ncccn1)OCC1c2ccccc2-c2ccccc21. The maximum atomic E-state index is 12.1. The summed E-state index contributed by atoms with van der Waals surface area (Å²) < 4.78 is 5.43. The Kier molecular flexibility index (Phi) is 4.76. The van der Waals surface area contributed by atoms with E-state index in [1.165, 1.54) is 11.1 Å². The number of hydrogen-bond acceptors (Lipinski definition) is 5. The number of aromatic nitrogens is 2. The topological polar surface area (TPSA) is 76.1 Å². The molecule has 7 heteroatoms. The Morgan fingerprint density at radius 3 is 2.19 bits per heavy atom. The van der Waals surface area contributed by atoms with Crippen molar-refractivity contribution in [1.82, 2.24) is 15.3 Å². The quantitative estimate of drug-likeness (QED) is 0.679. The fourth-order valence-electron chi connectivity index (χ4n) is 3.22. The molecule has 4 rings (SSSR count). The van der Waals surface area contributed by atoms with E-state index in [0.717, 1.165) is 11.1 Å². The normalized spacial score (nSPS) is 12.0. The third-order valence-electron chi connectivity index (χ3n) is 4.35. The van der Waals surface area contributed by atoms with E-state index in [1.807, 2.05) is 24.3 Å². The summed E-state index contributed by atoms with van der Waals surface area (Å²) in [5, 5.41) is 5.29. The van der Waals surface area contributed by atoms with Crippen LogP contribution in [0.1, 0.15) is 17.0 Å². The molecule has 3 aromatic rings. The fraction of sp³-hybridized carbons (Fsp3) is 0.100. The Bertz CT molecular complexity index is 949. The van der Waals surface area contributed by atoms with Crippen molar-refractivity contribution in [2.75, 3.05) is 11.9 Å². The summed E-state index contributed by atoms with van der Waals surface area (Å²) in [5.41, 5.74) is 4.68. The van der Waals surface area contributed by atoms with Crippen LogP contribution in [0.4, 0.5) is 10.7 Å². The van der Waals surface area contributed by atoms with Gasteiger partial charge in [-0.25, -0.2) is 14.8 Å². The molecule has 6 nitrogen and oxygen atoms in total. The molecule has 0 radical (unpaired) electrons. The molecule has 2 aromatic carbocycles. The van der Waals surface area contributed by atoms with Gasteiger partial charge in [0.1, 0.15) is 6.61 Å². The highest BCUT2D eigenvalue weighted by Crippen LogP contribution is 2.44. The molecule has 0 spiro atoms. The average Bonchev–Trinajstić information content (AvgIpc) is 3.01. The van der Waals surface area contributed by atoms with E-state index in [-0.39, 0.29) is 17.6 Å². The van der Waals surface area contributed by atoms with Gasteiger partial charge >= 0.3 is 6.09 Å². The zero-order valence-electron chi connectivity index (χ0n) is 14.3. The average molecular weight is 376 g/mol. The van der Waals surface area contributed by atoms with Crippen molar-refractivity contribution >= 4 is 29.4 Å². The number of hydrogen-bond donors (Lipinski definition) is 2. The summed E-state index contributed by atoms with van der Waals surface area (Å²) in [5.74, 6) is 0.309. The molecule has 1 aliphatic carbocycles. The number of ether oxygens (including phenoxy) is 1. The van der Waals surface area contributed by atoms with Crippen LogP contribution in [-0.4, -0.2) is 27.8 Å². The summed E-state index contributed by atoms with van der Waals surface area (Å²) in [6, 6.07) is 18.0. The molecule has 0 bridgehead atoms. The first-order chi connectivity index (χ1) is 13.2. The predicted molar refractivity (Wildman–Crippen MR) is 106 cm³/mol. The number of fused-ring (bicyclic) bond motifs is 3. The number of nitrogens with one attached hydrogen (secondary N) is 2. The number of rotatable bonds is 3. The van der Waals surface area contributed by atoms with E-state index < -0.39 is 6.09 Å². The van der Waals surface area contributed by atoms with E-state index in [2.05, 4.69) is 44.9 Å².